The van der Waals surface area contributed by atoms with Gasteiger partial charge in [0.1, 0.15) is 5.58 Å². The van der Waals surface area contributed by atoms with E-state index in [9.17, 15) is 9.59 Å². The molecule has 0 bridgehead atoms. The zero-order valence-corrected chi connectivity index (χ0v) is 10.9. The minimum absolute atomic E-state index is 0.0540. The van der Waals surface area contributed by atoms with Crippen molar-refractivity contribution in [3.05, 3.63) is 70.6 Å². The molecule has 0 amide bonds. The monoisotopic (exact) mass is 264 g/mol. The van der Waals surface area contributed by atoms with Crippen LogP contribution in [-0.4, -0.2) is 5.78 Å². The molecule has 3 rings (SSSR count). The number of rotatable bonds is 2. The Hall–Kier alpha value is -2.68. The van der Waals surface area contributed by atoms with Gasteiger partial charge >= 0.3 is 5.63 Å². The molecule has 0 aliphatic carbocycles. The first kappa shape index (κ1) is 12.4. The van der Waals surface area contributed by atoms with E-state index in [4.69, 9.17) is 4.42 Å². The molecule has 20 heavy (non-hydrogen) atoms. The maximum Gasteiger partial charge on any atom is 0.344 e. The first-order valence-electron chi connectivity index (χ1n) is 6.29. The molecule has 1 aromatic heterocycles. The molecule has 0 atom stereocenters. The van der Waals surface area contributed by atoms with Crippen molar-refractivity contribution in [3.8, 4) is 11.1 Å². The van der Waals surface area contributed by atoms with E-state index in [0.29, 0.717) is 16.7 Å². The SMILES string of the molecule is CC(=O)c1ccc2cc(-c3ccccc3)c(=O)oc2c1. The van der Waals surface area contributed by atoms with Gasteiger partial charge in [0.15, 0.2) is 5.78 Å². The summed E-state index contributed by atoms with van der Waals surface area (Å²) in [7, 11) is 0. The summed E-state index contributed by atoms with van der Waals surface area (Å²) >= 11 is 0. The highest BCUT2D eigenvalue weighted by molar-refractivity contribution is 5.97. The second-order valence-corrected chi connectivity index (χ2v) is 4.62. The van der Waals surface area contributed by atoms with Gasteiger partial charge in [0, 0.05) is 10.9 Å². The third-order valence-electron chi connectivity index (χ3n) is 3.23. The molecule has 0 saturated carbocycles. The fourth-order valence-electron chi connectivity index (χ4n) is 2.15. The van der Waals surface area contributed by atoms with E-state index < -0.39 is 5.63 Å². The van der Waals surface area contributed by atoms with Crippen LogP contribution in [0.3, 0.4) is 0 Å². The number of fused-ring (bicyclic) bond motifs is 1. The predicted molar refractivity (Wildman–Crippen MR) is 77.9 cm³/mol. The number of carbonyl (C=O) groups excluding carboxylic acids is 1. The first-order chi connectivity index (χ1) is 9.65. The van der Waals surface area contributed by atoms with Crippen LogP contribution in [0.4, 0.5) is 0 Å². The summed E-state index contributed by atoms with van der Waals surface area (Å²) in [4.78, 5) is 23.4. The number of Topliss-reactive ketones (excluding diaryl/α,β-unsaturated/α-hetero) is 1. The second kappa shape index (κ2) is 4.78. The molecule has 0 saturated heterocycles. The largest absolute Gasteiger partial charge is 0.422 e. The van der Waals surface area contributed by atoms with Gasteiger partial charge in [0.05, 0.1) is 5.56 Å². The van der Waals surface area contributed by atoms with E-state index in [1.165, 1.54) is 6.92 Å². The fraction of sp³-hybridized carbons (Fsp3) is 0.0588. The van der Waals surface area contributed by atoms with Gasteiger partial charge in [-0.3, -0.25) is 4.79 Å². The van der Waals surface area contributed by atoms with Crippen LogP contribution in [0.1, 0.15) is 17.3 Å². The van der Waals surface area contributed by atoms with E-state index in [0.717, 1.165) is 10.9 Å². The molecule has 2 aromatic carbocycles. The van der Waals surface area contributed by atoms with Crippen molar-refractivity contribution < 1.29 is 9.21 Å². The lowest BCUT2D eigenvalue weighted by atomic mass is 10.0. The third-order valence-corrected chi connectivity index (χ3v) is 3.23. The number of hydrogen-bond donors (Lipinski definition) is 0. The van der Waals surface area contributed by atoms with Crippen molar-refractivity contribution in [1.29, 1.82) is 0 Å². The molecular formula is C17H12O3. The summed E-state index contributed by atoms with van der Waals surface area (Å²) in [6.07, 6.45) is 0. The normalized spacial score (nSPS) is 10.7. The molecule has 98 valence electrons. The van der Waals surface area contributed by atoms with Crippen LogP contribution in [0.5, 0.6) is 0 Å². The Kier molecular flexibility index (Phi) is 2.95. The van der Waals surface area contributed by atoms with Gasteiger partial charge in [-0.15, -0.1) is 0 Å². The highest BCUT2D eigenvalue weighted by Gasteiger charge is 2.09. The minimum Gasteiger partial charge on any atom is -0.422 e. The lowest BCUT2D eigenvalue weighted by Crippen LogP contribution is -2.03. The highest BCUT2D eigenvalue weighted by Crippen LogP contribution is 2.21. The summed E-state index contributed by atoms with van der Waals surface area (Å²) in [5.41, 5.74) is 1.91. The van der Waals surface area contributed by atoms with Crippen molar-refractivity contribution in [2.45, 2.75) is 6.92 Å². The van der Waals surface area contributed by atoms with Gasteiger partial charge in [0.25, 0.3) is 0 Å². The van der Waals surface area contributed by atoms with Gasteiger partial charge in [0.2, 0.25) is 0 Å². The topological polar surface area (TPSA) is 47.3 Å². The van der Waals surface area contributed by atoms with Crippen LogP contribution in [0.2, 0.25) is 0 Å². The standard InChI is InChI=1S/C17H12O3/c1-11(18)13-7-8-14-9-15(12-5-3-2-4-6-12)17(19)20-16(14)10-13/h2-10H,1H3. The molecule has 0 unspecified atom stereocenters. The smallest absolute Gasteiger partial charge is 0.344 e. The fourth-order valence-corrected chi connectivity index (χ4v) is 2.15. The summed E-state index contributed by atoms with van der Waals surface area (Å²) in [5.74, 6) is -0.0540. The van der Waals surface area contributed by atoms with Crippen molar-refractivity contribution in [3.63, 3.8) is 0 Å². The van der Waals surface area contributed by atoms with E-state index in [-0.39, 0.29) is 5.78 Å². The minimum atomic E-state index is -0.399. The summed E-state index contributed by atoms with van der Waals surface area (Å²) in [6, 6.07) is 16.3. The van der Waals surface area contributed by atoms with E-state index in [2.05, 4.69) is 0 Å². The van der Waals surface area contributed by atoms with Gasteiger partial charge in [-0.25, -0.2) is 4.79 Å². The number of hydrogen-bond acceptors (Lipinski definition) is 3. The van der Waals surface area contributed by atoms with E-state index in [1.54, 1.807) is 24.3 Å². The number of benzene rings is 2. The molecule has 0 spiro atoms. The lowest BCUT2D eigenvalue weighted by molar-refractivity contribution is 0.101. The Morgan fingerprint density at radius 3 is 2.45 bits per heavy atom. The summed E-state index contributed by atoms with van der Waals surface area (Å²) in [5, 5.41) is 0.799. The molecule has 0 aliphatic rings. The first-order valence-corrected chi connectivity index (χ1v) is 6.29. The molecule has 3 heteroatoms. The van der Waals surface area contributed by atoms with Crippen LogP contribution in [-0.2, 0) is 0 Å². The molecule has 0 N–H and O–H groups in total. The van der Waals surface area contributed by atoms with Crippen molar-refractivity contribution >= 4 is 16.8 Å². The Bertz CT molecular complexity index is 845. The van der Waals surface area contributed by atoms with Gasteiger partial charge in [-0.05, 0) is 24.6 Å². The van der Waals surface area contributed by atoms with Gasteiger partial charge in [-0.2, -0.15) is 0 Å². The van der Waals surface area contributed by atoms with Crippen LogP contribution >= 0.6 is 0 Å². The Morgan fingerprint density at radius 2 is 1.75 bits per heavy atom. The Balaban J connectivity index is 2.23. The number of carbonyl (C=O) groups is 1. The maximum atomic E-state index is 12.1. The molecule has 3 aromatic rings. The van der Waals surface area contributed by atoms with Gasteiger partial charge < -0.3 is 4.42 Å². The van der Waals surface area contributed by atoms with Crippen molar-refractivity contribution in [2.75, 3.05) is 0 Å². The summed E-state index contributed by atoms with van der Waals surface area (Å²) < 4.78 is 5.33. The zero-order chi connectivity index (χ0) is 14.1. The number of ketones is 1. The van der Waals surface area contributed by atoms with E-state index in [1.807, 2.05) is 30.3 Å². The van der Waals surface area contributed by atoms with Crippen molar-refractivity contribution in [1.82, 2.24) is 0 Å². The molecule has 3 nitrogen and oxygen atoms in total. The van der Waals surface area contributed by atoms with Gasteiger partial charge in [-0.1, -0.05) is 42.5 Å². The van der Waals surface area contributed by atoms with Crippen LogP contribution in [0.25, 0.3) is 22.1 Å². The Morgan fingerprint density at radius 1 is 1.00 bits per heavy atom. The van der Waals surface area contributed by atoms with Crippen LogP contribution in [0, 0.1) is 0 Å². The molecule has 1 heterocycles. The average Bonchev–Trinajstić information content (AvgIpc) is 2.46. The summed E-state index contributed by atoms with van der Waals surface area (Å²) in [6.45, 7) is 1.48. The Labute approximate surface area is 115 Å². The zero-order valence-electron chi connectivity index (χ0n) is 10.9. The van der Waals surface area contributed by atoms with Crippen molar-refractivity contribution in [2.24, 2.45) is 0 Å². The predicted octanol–water partition coefficient (Wildman–Crippen LogP) is 3.66. The maximum absolute atomic E-state index is 12.1. The molecular weight excluding hydrogens is 252 g/mol. The lowest BCUT2D eigenvalue weighted by Gasteiger charge is -2.03. The quantitative estimate of drug-likeness (QED) is 0.524. The van der Waals surface area contributed by atoms with Crippen LogP contribution < -0.4 is 5.63 Å². The van der Waals surface area contributed by atoms with Crippen LogP contribution in [0.15, 0.2) is 63.8 Å². The third kappa shape index (κ3) is 2.14. The highest BCUT2D eigenvalue weighted by atomic mass is 16.4. The second-order valence-electron chi connectivity index (χ2n) is 4.62. The molecule has 0 aliphatic heterocycles. The molecule has 0 fully saturated rings. The average molecular weight is 264 g/mol. The molecule has 0 radical (unpaired) electrons. The van der Waals surface area contributed by atoms with E-state index >= 15 is 0 Å².